The highest BCUT2D eigenvalue weighted by atomic mass is 19.4. The van der Waals surface area contributed by atoms with Crippen molar-refractivity contribution < 1.29 is 17.9 Å². The number of benzene rings is 2. The zero-order valence-electron chi connectivity index (χ0n) is 13.1. The van der Waals surface area contributed by atoms with Crippen LogP contribution >= 0.6 is 0 Å². The minimum atomic E-state index is -4.80. The van der Waals surface area contributed by atoms with Crippen molar-refractivity contribution in [3.63, 3.8) is 0 Å². The van der Waals surface area contributed by atoms with Gasteiger partial charge >= 0.3 is 6.36 Å². The Hall–Kier alpha value is -3.03. The van der Waals surface area contributed by atoms with Gasteiger partial charge in [-0.25, -0.2) is 4.68 Å². The maximum atomic E-state index is 12.6. The Morgan fingerprint density at radius 2 is 1.72 bits per heavy atom. The van der Waals surface area contributed by atoms with Crippen LogP contribution in [0.3, 0.4) is 0 Å². The normalized spacial score (nSPS) is 11.7. The van der Waals surface area contributed by atoms with Crippen LogP contribution in [-0.4, -0.2) is 16.1 Å². The van der Waals surface area contributed by atoms with E-state index in [4.69, 9.17) is 0 Å². The molecule has 0 aliphatic carbocycles. The summed E-state index contributed by atoms with van der Waals surface area (Å²) >= 11 is 0. The number of H-pyrrole nitrogens is 1. The first-order chi connectivity index (χ1) is 11.8. The summed E-state index contributed by atoms with van der Waals surface area (Å²) < 4.78 is 41.4. The third kappa shape index (κ3) is 3.42. The Morgan fingerprint density at radius 1 is 1.04 bits per heavy atom. The molecule has 0 aliphatic heterocycles. The average molecular weight is 350 g/mol. The molecule has 0 radical (unpaired) electrons. The lowest BCUT2D eigenvalue weighted by molar-refractivity contribution is -0.274. The number of rotatable bonds is 3. The van der Waals surface area contributed by atoms with Crippen molar-refractivity contribution in [2.45, 2.75) is 19.7 Å². The van der Waals surface area contributed by atoms with Crippen LogP contribution in [-0.2, 0) is 6.42 Å². The van der Waals surface area contributed by atoms with Crippen LogP contribution in [0.25, 0.3) is 16.5 Å². The SMILES string of the molecule is CCc1ccc2c(=O)[nH]n(-c3ccc(OC(F)(F)F)cc3)c(=O)c2c1. The van der Waals surface area contributed by atoms with Gasteiger partial charge in [-0.2, -0.15) is 0 Å². The van der Waals surface area contributed by atoms with E-state index in [2.05, 4.69) is 9.84 Å². The number of fused-ring (bicyclic) bond motifs is 1. The van der Waals surface area contributed by atoms with Crippen LogP contribution in [0.2, 0.25) is 0 Å². The Morgan fingerprint density at radius 3 is 2.32 bits per heavy atom. The summed E-state index contributed by atoms with van der Waals surface area (Å²) in [6.45, 7) is 1.92. The second kappa shape index (κ2) is 6.12. The summed E-state index contributed by atoms with van der Waals surface area (Å²) in [4.78, 5) is 24.8. The fourth-order valence-corrected chi connectivity index (χ4v) is 2.50. The predicted molar refractivity (Wildman–Crippen MR) is 86.2 cm³/mol. The molecule has 0 fully saturated rings. The second-order valence-electron chi connectivity index (χ2n) is 5.36. The van der Waals surface area contributed by atoms with E-state index in [1.165, 1.54) is 12.1 Å². The fraction of sp³-hybridized carbons (Fsp3) is 0.176. The molecule has 8 heteroatoms. The van der Waals surface area contributed by atoms with E-state index in [1.54, 1.807) is 18.2 Å². The number of hydrogen-bond acceptors (Lipinski definition) is 3. The van der Waals surface area contributed by atoms with E-state index in [-0.39, 0.29) is 16.5 Å². The molecule has 0 aliphatic rings. The van der Waals surface area contributed by atoms with Gasteiger partial charge in [0, 0.05) is 0 Å². The summed E-state index contributed by atoms with van der Waals surface area (Å²) in [7, 11) is 0. The molecule has 0 unspecified atom stereocenters. The standard InChI is InChI=1S/C17H13F3N2O3/c1-2-10-3-8-13-14(9-10)16(24)22(21-15(13)23)11-4-6-12(7-5-11)25-17(18,19)20/h3-9H,2H2,1H3,(H,21,23). The molecule has 130 valence electrons. The highest BCUT2D eigenvalue weighted by Crippen LogP contribution is 2.23. The molecule has 1 N–H and O–H groups in total. The molecule has 3 rings (SSSR count). The topological polar surface area (TPSA) is 64.1 Å². The first kappa shape index (κ1) is 16.8. The second-order valence-corrected chi connectivity index (χ2v) is 5.36. The van der Waals surface area contributed by atoms with Gasteiger partial charge < -0.3 is 4.74 Å². The molecule has 0 bridgehead atoms. The van der Waals surface area contributed by atoms with Gasteiger partial charge in [0.25, 0.3) is 11.1 Å². The molecule has 2 aromatic carbocycles. The van der Waals surface area contributed by atoms with Crippen molar-refractivity contribution in [3.8, 4) is 11.4 Å². The van der Waals surface area contributed by atoms with Gasteiger partial charge in [-0.05, 0) is 48.4 Å². The molecule has 25 heavy (non-hydrogen) atoms. The zero-order valence-corrected chi connectivity index (χ0v) is 13.1. The van der Waals surface area contributed by atoms with Crippen LogP contribution in [0.1, 0.15) is 12.5 Å². The Labute approximate surface area is 139 Å². The predicted octanol–water partition coefficient (Wildman–Crippen LogP) is 3.14. The van der Waals surface area contributed by atoms with Crippen LogP contribution in [0.15, 0.2) is 52.1 Å². The van der Waals surface area contributed by atoms with E-state index >= 15 is 0 Å². The van der Waals surface area contributed by atoms with Gasteiger partial charge in [-0.3, -0.25) is 14.7 Å². The molecule has 0 spiro atoms. The molecule has 0 atom stereocenters. The van der Waals surface area contributed by atoms with Crippen LogP contribution < -0.4 is 15.9 Å². The van der Waals surface area contributed by atoms with Crippen molar-refractivity contribution in [1.82, 2.24) is 9.78 Å². The molecular weight excluding hydrogens is 337 g/mol. The molecule has 0 amide bonds. The van der Waals surface area contributed by atoms with Crippen LogP contribution in [0, 0.1) is 0 Å². The van der Waals surface area contributed by atoms with E-state index in [1.807, 2.05) is 6.92 Å². The number of hydrogen-bond donors (Lipinski definition) is 1. The minimum absolute atomic E-state index is 0.223. The molecular formula is C17H13F3N2O3. The number of aryl methyl sites for hydroxylation is 1. The lowest BCUT2D eigenvalue weighted by Gasteiger charge is -2.11. The van der Waals surface area contributed by atoms with Crippen molar-refractivity contribution in [1.29, 1.82) is 0 Å². The maximum Gasteiger partial charge on any atom is 0.573 e. The maximum absolute atomic E-state index is 12.6. The van der Waals surface area contributed by atoms with Gasteiger partial charge in [0.2, 0.25) is 0 Å². The first-order valence-electron chi connectivity index (χ1n) is 7.42. The van der Waals surface area contributed by atoms with E-state index in [0.717, 1.165) is 22.4 Å². The molecule has 1 heterocycles. The lowest BCUT2D eigenvalue weighted by Crippen LogP contribution is -2.28. The van der Waals surface area contributed by atoms with E-state index in [9.17, 15) is 22.8 Å². The monoisotopic (exact) mass is 350 g/mol. The summed E-state index contributed by atoms with van der Waals surface area (Å²) in [6, 6.07) is 9.65. The number of nitrogens with zero attached hydrogens (tertiary/aromatic N) is 1. The highest BCUT2D eigenvalue weighted by molar-refractivity contribution is 5.81. The molecule has 0 saturated carbocycles. The van der Waals surface area contributed by atoms with Crippen molar-refractivity contribution in [2.24, 2.45) is 0 Å². The molecule has 0 saturated heterocycles. The van der Waals surface area contributed by atoms with Gasteiger partial charge in [0.1, 0.15) is 5.75 Å². The van der Waals surface area contributed by atoms with Crippen LogP contribution in [0.5, 0.6) is 5.75 Å². The summed E-state index contributed by atoms with van der Waals surface area (Å²) in [6.07, 6.45) is -4.10. The van der Waals surface area contributed by atoms with Crippen LogP contribution in [0.4, 0.5) is 13.2 Å². The summed E-state index contributed by atoms with van der Waals surface area (Å²) in [5, 5.41) is 2.93. The molecule has 3 aromatic rings. The van der Waals surface area contributed by atoms with Crippen molar-refractivity contribution >= 4 is 10.8 Å². The third-order valence-electron chi connectivity index (χ3n) is 3.71. The Balaban J connectivity index is 2.11. The van der Waals surface area contributed by atoms with Gasteiger partial charge in [0.15, 0.2) is 0 Å². The number of aromatic amines is 1. The van der Waals surface area contributed by atoms with Gasteiger partial charge in [-0.15, -0.1) is 13.2 Å². The number of halogens is 3. The third-order valence-corrected chi connectivity index (χ3v) is 3.71. The zero-order chi connectivity index (χ0) is 18.2. The number of alkyl halides is 3. The average Bonchev–Trinajstić information content (AvgIpc) is 2.57. The Kier molecular flexibility index (Phi) is 4.12. The summed E-state index contributed by atoms with van der Waals surface area (Å²) in [5.41, 5.74) is 0.193. The lowest BCUT2D eigenvalue weighted by atomic mass is 10.1. The molecule has 1 aromatic heterocycles. The number of aromatic nitrogens is 2. The largest absolute Gasteiger partial charge is 0.573 e. The van der Waals surface area contributed by atoms with Gasteiger partial charge in [0.05, 0.1) is 16.5 Å². The minimum Gasteiger partial charge on any atom is -0.406 e. The van der Waals surface area contributed by atoms with E-state index < -0.39 is 23.2 Å². The fourth-order valence-electron chi connectivity index (χ4n) is 2.50. The van der Waals surface area contributed by atoms with Gasteiger partial charge in [-0.1, -0.05) is 13.0 Å². The van der Waals surface area contributed by atoms with Crippen molar-refractivity contribution in [2.75, 3.05) is 0 Å². The quantitative estimate of drug-likeness (QED) is 0.789. The first-order valence-corrected chi connectivity index (χ1v) is 7.42. The van der Waals surface area contributed by atoms with E-state index in [0.29, 0.717) is 6.42 Å². The summed E-state index contributed by atoms with van der Waals surface area (Å²) in [5.74, 6) is -0.416. The number of ether oxygens (including phenoxy) is 1. The number of nitrogens with one attached hydrogen (secondary N) is 1. The van der Waals surface area contributed by atoms with Crippen molar-refractivity contribution in [3.05, 3.63) is 68.7 Å². The highest BCUT2D eigenvalue weighted by Gasteiger charge is 2.31. The smallest absolute Gasteiger partial charge is 0.406 e. The Bertz CT molecular complexity index is 1030. The molecule has 5 nitrogen and oxygen atoms in total.